The van der Waals surface area contributed by atoms with Crippen LogP contribution in [0.1, 0.15) is 10.4 Å². The van der Waals surface area contributed by atoms with Crippen LogP contribution in [0.15, 0.2) is 59.5 Å². The van der Waals surface area contributed by atoms with Crippen molar-refractivity contribution >= 4 is 45.5 Å². The van der Waals surface area contributed by atoms with Crippen LogP contribution >= 0.6 is 15.9 Å². The second-order valence-electron chi connectivity index (χ2n) is 9.82. The van der Waals surface area contributed by atoms with Crippen molar-refractivity contribution in [2.24, 2.45) is 0 Å². The number of hydrogen-bond donors (Lipinski definition) is 2. The van der Waals surface area contributed by atoms with E-state index in [1.165, 1.54) is 13.2 Å². The zero-order valence-corrected chi connectivity index (χ0v) is 25.2. The number of carbonyl (C=O) groups is 2. The molecule has 13 heteroatoms. The van der Waals surface area contributed by atoms with E-state index in [1.807, 2.05) is 27.5 Å². The molecule has 0 atom stereocenters. The maximum Gasteiger partial charge on any atom is 0.290 e. The second kappa shape index (κ2) is 14.2. The second-order valence-corrected chi connectivity index (χ2v) is 10.7. The number of piperazine rings is 1. The van der Waals surface area contributed by atoms with Gasteiger partial charge in [-0.2, -0.15) is 0 Å². The van der Waals surface area contributed by atoms with E-state index in [4.69, 9.17) is 14.6 Å². The Hall–Kier alpha value is -4.07. The third-order valence-corrected chi connectivity index (χ3v) is 7.52. The number of carbonyl (C=O) groups excluding carboxylic acids is 1. The van der Waals surface area contributed by atoms with E-state index < -0.39 is 5.82 Å². The molecule has 42 heavy (non-hydrogen) atoms. The third kappa shape index (κ3) is 7.22. The lowest BCUT2D eigenvalue weighted by atomic mass is 10.1. The predicted molar refractivity (Wildman–Crippen MR) is 162 cm³/mol. The Balaban J connectivity index is 0.00000129. The Kier molecular flexibility index (Phi) is 10.4. The molecule has 1 fully saturated rings. The number of methoxy groups -OCH3 is 1. The summed E-state index contributed by atoms with van der Waals surface area (Å²) in [6.45, 7) is 4.95. The molecule has 1 aliphatic rings. The van der Waals surface area contributed by atoms with E-state index in [2.05, 4.69) is 55.1 Å². The van der Waals surface area contributed by atoms with Gasteiger partial charge in [0.15, 0.2) is 23.0 Å². The molecule has 2 aromatic heterocycles. The van der Waals surface area contributed by atoms with Crippen molar-refractivity contribution in [3.8, 4) is 17.0 Å². The number of hydrogen-bond acceptors (Lipinski definition) is 8. The van der Waals surface area contributed by atoms with Gasteiger partial charge in [-0.05, 0) is 66.4 Å². The minimum Gasteiger partial charge on any atom is -0.494 e. The highest BCUT2D eigenvalue weighted by Crippen LogP contribution is 2.30. The summed E-state index contributed by atoms with van der Waals surface area (Å²) in [5.74, 6) is 0.303. The first-order valence-electron chi connectivity index (χ1n) is 13.2. The SMILES string of the molecule is COc1ccc(-c2cnc3c(Nc4ccc(C(=O)N5CCN(CCN(C)C)CC5)c(Br)c4)nccn23)cc1F.O=CO. The van der Waals surface area contributed by atoms with Gasteiger partial charge in [0.25, 0.3) is 12.4 Å². The maximum absolute atomic E-state index is 14.3. The highest BCUT2D eigenvalue weighted by Gasteiger charge is 2.23. The quantitative estimate of drug-likeness (QED) is 0.275. The molecule has 0 bridgehead atoms. The van der Waals surface area contributed by atoms with Crippen molar-refractivity contribution in [1.29, 1.82) is 0 Å². The van der Waals surface area contributed by atoms with E-state index in [9.17, 15) is 9.18 Å². The summed E-state index contributed by atoms with van der Waals surface area (Å²) in [7, 11) is 5.58. The lowest BCUT2D eigenvalue weighted by Crippen LogP contribution is -2.50. The molecular formula is C29H33BrFN7O4. The van der Waals surface area contributed by atoms with Crippen molar-refractivity contribution < 1.29 is 23.8 Å². The van der Waals surface area contributed by atoms with Crippen LogP contribution < -0.4 is 10.1 Å². The van der Waals surface area contributed by atoms with Crippen molar-refractivity contribution in [2.75, 3.05) is 65.8 Å². The third-order valence-electron chi connectivity index (χ3n) is 6.86. The number of amides is 1. The topological polar surface area (TPSA) is 116 Å². The Morgan fingerprint density at radius 1 is 1.17 bits per heavy atom. The van der Waals surface area contributed by atoms with Crippen molar-refractivity contribution in [2.45, 2.75) is 0 Å². The molecule has 0 radical (unpaired) electrons. The fraction of sp³-hybridized carbons (Fsp3) is 0.310. The smallest absolute Gasteiger partial charge is 0.290 e. The van der Waals surface area contributed by atoms with Crippen LogP contribution in [0.5, 0.6) is 5.75 Å². The average molecular weight is 643 g/mol. The standard InChI is InChI=1S/C28H31BrFN7O2.CH2O2/c1-34(2)10-11-35-12-14-36(15-13-35)28(38)21-6-5-20(17-22(21)29)33-26-27-32-18-24(37(27)9-8-31-26)19-4-7-25(39-3)23(30)16-19;2-1-3/h4-9,16-18H,10-15H2,1-3H3,(H,31,33);1H,(H,2,3). The number of benzene rings is 2. The van der Waals surface area contributed by atoms with E-state index in [1.54, 1.807) is 30.7 Å². The van der Waals surface area contributed by atoms with Gasteiger partial charge in [-0.25, -0.2) is 14.4 Å². The maximum atomic E-state index is 14.3. The van der Waals surface area contributed by atoms with E-state index in [0.717, 1.165) is 37.6 Å². The molecule has 2 aromatic carbocycles. The highest BCUT2D eigenvalue weighted by molar-refractivity contribution is 9.10. The normalized spacial score (nSPS) is 13.5. The van der Waals surface area contributed by atoms with E-state index >= 15 is 0 Å². The van der Waals surface area contributed by atoms with Gasteiger partial charge < -0.3 is 25.0 Å². The van der Waals surface area contributed by atoms with E-state index in [-0.39, 0.29) is 18.1 Å². The molecule has 2 N–H and O–H groups in total. The minimum absolute atomic E-state index is 0.0190. The zero-order valence-electron chi connectivity index (χ0n) is 23.6. The molecule has 1 aliphatic heterocycles. The molecule has 1 amide bonds. The van der Waals surface area contributed by atoms with Crippen LogP contribution in [-0.2, 0) is 4.79 Å². The molecular weight excluding hydrogens is 609 g/mol. The van der Waals surface area contributed by atoms with E-state index in [0.29, 0.717) is 40.2 Å². The van der Waals surface area contributed by atoms with Gasteiger partial charge >= 0.3 is 0 Å². The van der Waals surface area contributed by atoms with Crippen LogP contribution in [0.2, 0.25) is 0 Å². The average Bonchev–Trinajstić information content (AvgIpc) is 3.42. The number of imidazole rings is 1. The number of fused-ring (bicyclic) bond motifs is 1. The van der Waals surface area contributed by atoms with Crippen molar-refractivity contribution in [1.82, 2.24) is 29.1 Å². The number of nitrogens with one attached hydrogen (secondary N) is 1. The number of likely N-dealkylation sites (N-methyl/N-ethyl adjacent to an activating group) is 1. The first-order valence-corrected chi connectivity index (χ1v) is 14.0. The zero-order chi connectivity index (χ0) is 30.2. The first kappa shape index (κ1) is 30.9. The Labute approximate surface area is 251 Å². The Morgan fingerprint density at radius 3 is 2.55 bits per heavy atom. The molecule has 4 aromatic rings. The van der Waals surface area contributed by atoms with Gasteiger partial charge in [-0.15, -0.1) is 0 Å². The molecule has 5 rings (SSSR count). The van der Waals surface area contributed by atoms with Gasteiger partial charge in [0, 0.05) is 67.4 Å². The van der Waals surface area contributed by atoms with Crippen molar-refractivity contribution in [3.05, 3.63) is 70.8 Å². The fourth-order valence-electron chi connectivity index (χ4n) is 4.64. The van der Waals surface area contributed by atoms with Crippen LogP contribution in [0.4, 0.5) is 15.9 Å². The molecule has 3 heterocycles. The molecule has 0 saturated carbocycles. The first-order chi connectivity index (χ1) is 20.2. The molecule has 11 nitrogen and oxygen atoms in total. The number of rotatable bonds is 8. The van der Waals surface area contributed by atoms with Gasteiger partial charge in [0.1, 0.15) is 0 Å². The van der Waals surface area contributed by atoms with Gasteiger partial charge in [0.05, 0.1) is 24.6 Å². The summed E-state index contributed by atoms with van der Waals surface area (Å²) in [6.07, 6.45) is 5.12. The van der Waals surface area contributed by atoms with Gasteiger partial charge in [-0.3, -0.25) is 18.9 Å². The summed E-state index contributed by atoms with van der Waals surface area (Å²) >= 11 is 3.59. The fourth-order valence-corrected chi connectivity index (χ4v) is 5.18. The van der Waals surface area contributed by atoms with Crippen LogP contribution in [0.3, 0.4) is 0 Å². The summed E-state index contributed by atoms with van der Waals surface area (Å²) in [4.78, 5) is 37.1. The van der Waals surface area contributed by atoms with Crippen molar-refractivity contribution in [3.63, 3.8) is 0 Å². The summed E-state index contributed by atoms with van der Waals surface area (Å²) in [5.41, 5.74) is 3.36. The monoisotopic (exact) mass is 641 g/mol. The number of aromatic nitrogens is 3. The summed E-state index contributed by atoms with van der Waals surface area (Å²) in [6, 6.07) is 10.4. The van der Waals surface area contributed by atoms with Crippen LogP contribution in [-0.4, -0.2) is 107 Å². The Bertz CT molecular complexity index is 1540. The largest absolute Gasteiger partial charge is 0.494 e. The molecule has 0 spiro atoms. The lowest BCUT2D eigenvalue weighted by Gasteiger charge is -2.35. The minimum atomic E-state index is -0.442. The molecule has 0 aliphatic carbocycles. The number of ether oxygens (including phenoxy) is 1. The van der Waals surface area contributed by atoms with Gasteiger partial charge in [0.2, 0.25) is 0 Å². The number of anilines is 2. The lowest BCUT2D eigenvalue weighted by molar-refractivity contribution is -0.122. The number of nitrogens with zero attached hydrogens (tertiary/aromatic N) is 6. The molecule has 0 unspecified atom stereocenters. The summed E-state index contributed by atoms with van der Waals surface area (Å²) in [5, 5.41) is 10.2. The number of carboxylic acid groups (broad SMARTS) is 1. The van der Waals surface area contributed by atoms with Crippen LogP contribution in [0, 0.1) is 5.82 Å². The van der Waals surface area contributed by atoms with Gasteiger partial charge in [-0.1, -0.05) is 0 Å². The number of halogens is 2. The summed E-state index contributed by atoms with van der Waals surface area (Å²) < 4.78 is 21.9. The Morgan fingerprint density at radius 2 is 1.90 bits per heavy atom. The molecule has 222 valence electrons. The predicted octanol–water partition coefficient (Wildman–Crippen LogP) is 4.07. The van der Waals surface area contributed by atoms with Crippen LogP contribution in [0.25, 0.3) is 16.9 Å². The molecule has 1 saturated heterocycles. The highest BCUT2D eigenvalue weighted by atomic mass is 79.9.